The molecule has 0 bridgehead atoms. The average molecular weight is 371 g/mol. The molecule has 0 saturated heterocycles. The number of anilines is 1. The highest BCUT2D eigenvalue weighted by Gasteiger charge is 2.25. The Kier molecular flexibility index (Phi) is 5.19. The van der Waals surface area contributed by atoms with E-state index in [1.807, 2.05) is 0 Å². The van der Waals surface area contributed by atoms with Crippen LogP contribution in [0.4, 0.5) is 10.7 Å². The minimum atomic E-state index is -0.560. The number of nitrogens with one attached hydrogen (secondary N) is 1. The summed E-state index contributed by atoms with van der Waals surface area (Å²) in [6.07, 6.45) is 2.79. The highest BCUT2D eigenvalue weighted by atomic mass is 32.1. The molecule has 0 spiro atoms. The Bertz CT molecular complexity index is 900. The maximum absolute atomic E-state index is 12.2. The Balaban J connectivity index is 1.70. The molecule has 1 amide bonds. The van der Waals surface area contributed by atoms with Crippen LogP contribution in [0.5, 0.6) is 5.75 Å². The molecule has 1 atom stereocenters. The number of hydrogen-bond acceptors (Lipinski definition) is 6. The molecule has 0 unspecified atom stereocenters. The third kappa shape index (κ3) is 3.68. The van der Waals surface area contributed by atoms with Gasteiger partial charge in [0, 0.05) is 10.9 Å². The predicted octanol–water partition coefficient (Wildman–Crippen LogP) is 3.67. The summed E-state index contributed by atoms with van der Waals surface area (Å²) in [5.74, 6) is 0.150. The van der Waals surface area contributed by atoms with E-state index in [-0.39, 0.29) is 18.0 Å². The molecular formula is C18H17N3O4S. The molecule has 0 radical (unpaired) electrons. The van der Waals surface area contributed by atoms with Gasteiger partial charge >= 0.3 is 5.69 Å². The second-order valence-electron chi connectivity index (χ2n) is 6.23. The van der Waals surface area contributed by atoms with Crippen molar-refractivity contribution in [3.8, 4) is 11.8 Å². The van der Waals surface area contributed by atoms with Gasteiger partial charge in [-0.1, -0.05) is 19.1 Å². The highest BCUT2D eigenvalue weighted by molar-refractivity contribution is 7.16. The SMILES string of the molecule is C[C@@H]1CCc2c(sc(NC(=O)COc3ccccc3[N+](=O)[O-])c2C#N)C1. The van der Waals surface area contributed by atoms with Gasteiger partial charge in [-0.05, 0) is 36.8 Å². The van der Waals surface area contributed by atoms with Crippen LogP contribution in [0.25, 0.3) is 0 Å². The number of fused-ring (bicyclic) bond motifs is 1. The number of thiophene rings is 1. The van der Waals surface area contributed by atoms with Crippen LogP contribution in [0.3, 0.4) is 0 Å². The summed E-state index contributed by atoms with van der Waals surface area (Å²) >= 11 is 1.43. The fourth-order valence-corrected chi connectivity index (χ4v) is 4.37. The van der Waals surface area contributed by atoms with E-state index >= 15 is 0 Å². The number of nitrogens with zero attached hydrogens (tertiary/aromatic N) is 2. The molecule has 1 N–H and O–H groups in total. The van der Waals surface area contributed by atoms with E-state index < -0.39 is 10.8 Å². The van der Waals surface area contributed by atoms with Gasteiger partial charge in [-0.15, -0.1) is 11.3 Å². The Morgan fingerprint density at radius 2 is 2.27 bits per heavy atom. The normalized spacial score (nSPS) is 15.6. The molecule has 0 aliphatic heterocycles. The lowest BCUT2D eigenvalue weighted by molar-refractivity contribution is -0.385. The maximum Gasteiger partial charge on any atom is 0.310 e. The van der Waals surface area contributed by atoms with Crippen LogP contribution in [0.1, 0.15) is 29.3 Å². The number of benzene rings is 1. The third-order valence-electron chi connectivity index (χ3n) is 4.30. The number of ether oxygens (including phenoxy) is 1. The minimum absolute atomic E-state index is 0.0347. The van der Waals surface area contributed by atoms with Crippen LogP contribution in [0, 0.1) is 27.4 Å². The summed E-state index contributed by atoms with van der Waals surface area (Å²) in [6.45, 7) is 1.81. The van der Waals surface area contributed by atoms with E-state index in [1.165, 1.54) is 29.5 Å². The van der Waals surface area contributed by atoms with Gasteiger partial charge in [0.1, 0.15) is 11.1 Å². The number of para-hydroxylation sites is 2. The van der Waals surface area contributed by atoms with Crippen molar-refractivity contribution in [3.05, 3.63) is 50.4 Å². The zero-order valence-corrected chi connectivity index (χ0v) is 15.0. The molecule has 134 valence electrons. The lowest BCUT2D eigenvalue weighted by atomic mass is 9.89. The fraction of sp³-hybridized carbons (Fsp3) is 0.333. The highest BCUT2D eigenvalue weighted by Crippen LogP contribution is 2.39. The molecule has 2 aromatic rings. The Labute approximate surface area is 154 Å². The monoisotopic (exact) mass is 371 g/mol. The summed E-state index contributed by atoms with van der Waals surface area (Å²) in [6, 6.07) is 8.07. The van der Waals surface area contributed by atoms with Crippen LogP contribution >= 0.6 is 11.3 Å². The van der Waals surface area contributed by atoms with Crippen molar-refractivity contribution >= 4 is 27.9 Å². The van der Waals surface area contributed by atoms with E-state index in [4.69, 9.17) is 4.74 Å². The zero-order valence-electron chi connectivity index (χ0n) is 14.2. The van der Waals surface area contributed by atoms with Crippen LogP contribution in [0.2, 0.25) is 0 Å². The van der Waals surface area contributed by atoms with Crippen LogP contribution < -0.4 is 10.1 Å². The Hall–Kier alpha value is -2.92. The molecule has 0 saturated carbocycles. The van der Waals surface area contributed by atoms with E-state index in [9.17, 15) is 20.2 Å². The van der Waals surface area contributed by atoms with Gasteiger partial charge < -0.3 is 10.1 Å². The van der Waals surface area contributed by atoms with Crippen LogP contribution in [-0.2, 0) is 17.6 Å². The molecule has 1 aromatic carbocycles. The molecule has 7 nitrogen and oxygen atoms in total. The molecule has 3 rings (SSSR count). The molecule has 0 fully saturated rings. The first-order valence-corrected chi connectivity index (χ1v) is 9.02. The first kappa shape index (κ1) is 17.9. The van der Waals surface area contributed by atoms with Crippen LogP contribution in [-0.4, -0.2) is 17.4 Å². The maximum atomic E-state index is 12.2. The molecule has 1 aromatic heterocycles. The van der Waals surface area contributed by atoms with Gasteiger partial charge in [0.15, 0.2) is 12.4 Å². The van der Waals surface area contributed by atoms with Crippen molar-refractivity contribution in [1.82, 2.24) is 0 Å². The standard InChI is InChI=1S/C18H17N3O4S/c1-11-6-7-12-13(9-19)18(26-16(12)8-11)20-17(22)10-25-15-5-3-2-4-14(15)21(23)24/h2-5,11H,6-8,10H2,1H3,(H,20,22)/t11-/m1/s1. The van der Waals surface area contributed by atoms with Gasteiger partial charge in [-0.25, -0.2) is 0 Å². The number of nitriles is 1. The van der Waals surface area contributed by atoms with Crippen molar-refractivity contribution < 1.29 is 14.5 Å². The Morgan fingerprint density at radius 3 is 3.00 bits per heavy atom. The Morgan fingerprint density at radius 1 is 1.50 bits per heavy atom. The summed E-state index contributed by atoms with van der Waals surface area (Å²) in [5, 5.41) is 23.7. The molecular weight excluding hydrogens is 354 g/mol. The minimum Gasteiger partial charge on any atom is -0.477 e. The lowest BCUT2D eigenvalue weighted by Crippen LogP contribution is -2.20. The summed E-state index contributed by atoms with van der Waals surface area (Å²) < 4.78 is 5.29. The van der Waals surface area contributed by atoms with E-state index in [2.05, 4.69) is 18.3 Å². The lowest BCUT2D eigenvalue weighted by Gasteiger charge is -2.17. The average Bonchev–Trinajstić information content (AvgIpc) is 2.95. The van der Waals surface area contributed by atoms with Gasteiger partial charge in [0.2, 0.25) is 0 Å². The number of carbonyl (C=O) groups excluding carboxylic acids is 1. The molecule has 1 heterocycles. The molecule has 8 heteroatoms. The predicted molar refractivity (Wildman–Crippen MR) is 97.4 cm³/mol. The van der Waals surface area contributed by atoms with Gasteiger partial charge in [-0.3, -0.25) is 14.9 Å². The van der Waals surface area contributed by atoms with E-state index in [0.717, 1.165) is 29.7 Å². The second-order valence-corrected chi connectivity index (χ2v) is 7.33. The molecule has 1 aliphatic rings. The van der Waals surface area contributed by atoms with Crippen molar-refractivity contribution in [2.45, 2.75) is 26.2 Å². The van der Waals surface area contributed by atoms with Crippen LogP contribution in [0.15, 0.2) is 24.3 Å². The molecule has 26 heavy (non-hydrogen) atoms. The molecule has 1 aliphatic carbocycles. The number of nitro groups is 1. The van der Waals surface area contributed by atoms with E-state index in [1.54, 1.807) is 6.07 Å². The summed E-state index contributed by atoms with van der Waals surface area (Å²) in [7, 11) is 0. The first-order chi connectivity index (χ1) is 12.5. The second kappa shape index (κ2) is 7.54. The quantitative estimate of drug-likeness (QED) is 0.638. The zero-order chi connectivity index (χ0) is 18.7. The fourth-order valence-electron chi connectivity index (χ4n) is 2.99. The van der Waals surface area contributed by atoms with Crippen molar-refractivity contribution in [1.29, 1.82) is 5.26 Å². The topological polar surface area (TPSA) is 105 Å². The summed E-state index contributed by atoms with van der Waals surface area (Å²) in [5.41, 5.74) is 1.36. The number of carbonyl (C=O) groups is 1. The largest absolute Gasteiger partial charge is 0.477 e. The number of amides is 1. The number of hydrogen-bond donors (Lipinski definition) is 1. The smallest absolute Gasteiger partial charge is 0.310 e. The number of rotatable bonds is 5. The van der Waals surface area contributed by atoms with E-state index in [0.29, 0.717) is 16.5 Å². The third-order valence-corrected chi connectivity index (χ3v) is 5.47. The number of nitro benzene ring substituents is 1. The van der Waals surface area contributed by atoms with Crippen molar-refractivity contribution in [2.24, 2.45) is 5.92 Å². The van der Waals surface area contributed by atoms with Gasteiger partial charge in [-0.2, -0.15) is 5.26 Å². The summed E-state index contributed by atoms with van der Waals surface area (Å²) in [4.78, 5) is 23.8. The van der Waals surface area contributed by atoms with Crippen molar-refractivity contribution in [2.75, 3.05) is 11.9 Å². The van der Waals surface area contributed by atoms with Gasteiger partial charge in [0.25, 0.3) is 5.91 Å². The van der Waals surface area contributed by atoms with Crippen molar-refractivity contribution in [3.63, 3.8) is 0 Å². The van der Waals surface area contributed by atoms with Gasteiger partial charge in [0.05, 0.1) is 10.5 Å². The first-order valence-electron chi connectivity index (χ1n) is 8.20.